The van der Waals surface area contributed by atoms with Gasteiger partial charge in [-0.3, -0.25) is 9.59 Å². The number of anilines is 2. The van der Waals surface area contributed by atoms with E-state index in [9.17, 15) is 23.5 Å². The molecule has 0 spiro atoms. The number of hydrogen-bond acceptors (Lipinski definition) is 3. The third kappa shape index (κ3) is 5.73. The minimum atomic E-state index is -0.822. The average Bonchev–Trinajstić information content (AvgIpc) is 2.93. The molecule has 1 saturated heterocycles. The van der Waals surface area contributed by atoms with Gasteiger partial charge in [-0.2, -0.15) is 0 Å². The first-order valence-corrected chi connectivity index (χ1v) is 12.8. The summed E-state index contributed by atoms with van der Waals surface area (Å²) >= 11 is 0. The number of rotatable bonds is 8. The zero-order valence-corrected chi connectivity index (χ0v) is 21.4. The molecule has 39 heavy (non-hydrogen) atoms. The molecule has 0 aromatic heterocycles. The van der Waals surface area contributed by atoms with Crippen molar-refractivity contribution >= 4 is 23.2 Å². The standard InChI is InChI=1S/C32H28F2N2O3/c1-20(37)35-27-4-2-3-24(19-27)21-5-7-23(8-6-21)31-29(17-18-30(38)22-9-11-25(33)12-10-22)32(39)36(31)28-15-13-26(34)14-16-28/h2-16,19,29-31,38H,17-18H2,1H3,(H,35,37)/t29?,30-,31?/m0/s1. The molecule has 2 amide bonds. The first kappa shape index (κ1) is 26.3. The van der Waals surface area contributed by atoms with Crippen LogP contribution in [0.15, 0.2) is 97.1 Å². The molecular formula is C32H28F2N2O3. The fourth-order valence-electron chi connectivity index (χ4n) is 5.14. The van der Waals surface area contributed by atoms with Crippen LogP contribution in [-0.2, 0) is 9.59 Å². The Morgan fingerprint density at radius 2 is 1.54 bits per heavy atom. The zero-order valence-electron chi connectivity index (χ0n) is 21.4. The Kier molecular flexibility index (Phi) is 7.52. The molecule has 198 valence electrons. The number of aliphatic hydroxyl groups excluding tert-OH is 1. The van der Waals surface area contributed by atoms with Crippen molar-refractivity contribution in [2.45, 2.75) is 31.9 Å². The van der Waals surface area contributed by atoms with Crippen molar-refractivity contribution in [1.29, 1.82) is 0 Å². The third-order valence-electron chi connectivity index (χ3n) is 7.09. The van der Waals surface area contributed by atoms with E-state index in [2.05, 4.69) is 5.32 Å². The van der Waals surface area contributed by atoms with E-state index in [-0.39, 0.29) is 35.4 Å². The molecule has 1 fully saturated rings. The summed E-state index contributed by atoms with van der Waals surface area (Å²) in [5.41, 5.74) is 4.72. The van der Waals surface area contributed by atoms with Crippen molar-refractivity contribution in [1.82, 2.24) is 0 Å². The van der Waals surface area contributed by atoms with Gasteiger partial charge in [-0.25, -0.2) is 8.78 Å². The highest BCUT2D eigenvalue weighted by Gasteiger charge is 2.48. The van der Waals surface area contributed by atoms with Crippen LogP contribution < -0.4 is 10.2 Å². The van der Waals surface area contributed by atoms with Crippen molar-refractivity contribution in [3.8, 4) is 11.1 Å². The van der Waals surface area contributed by atoms with Gasteiger partial charge in [-0.05, 0) is 83.6 Å². The lowest BCUT2D eigenvalue weighted by Crippen LogP contribution is -2.55. The van der Waals surface area contributed by atoms with Gasteiger partial charge in [0.2, 0.25) is 11.8 Å². The van der Waals surface area contributed by atoms with E-state index in [0.29, 0.717) is 29.8 Å². The lowest BCUT2D eigenvalue weighted by molar-refractivity contribution is -0.131. The van der Waals surface area contributed by atoms with E-state index >= 15 is 0 Å². The maximum absolute atomic E-state index is 13.6. The summed E-state index contributed by atoms with van der Waals surface area (Å²) in [7, 11) is 0. The minimum absolute atomic E-state index is 0.0926. The second-order valence-corrected chi connectivity index (χ2v) is 9.76. The van der Waals surface area contributed by atoms with Crippen molar-refractivity contribution in [2.24, 2.45) is 5.92 Å². The third-order valence-corrected chi connectivity index (χ3v) is 7.09. The Labute approximate surface area is 225 Å². The highest BCUT2D eigenvalue weighted by Crippen LogP contribution is 2.46. The summed E-state index contributed by atoms with van der Waals surface area (Å²) in [4.78, 5) is 26.4. The minimum Gasteiger partial charge on any atom is -0.388 e. The Morgan fingerprint density at radius 1 is 0.897 bits per heavy atom. The van der Waals surface area contributed by atoms with Crippen molar-refractivity contribution in [2.75, 3.05) is 10.2 Å². The number of carbonyl (C=O) groups is 2. The Bertz CT molecular complexity index is 1470. The second kappa shape index (κ2) is 11.2. The van der Waals surface area contributed by atoms with Crippen LogP contribution in [0.2, 0.25) is 0 Å². The van der Waals surface area contributed by atoms with Crippen LogP contribution in [0.1, 0.15) is 43.0 Å². The van der Waals surface area contributed by atoms with Gasteiger partial charge in [0, 0.05) is 18.3 Å². The quantitative estimate of drug-likeness (QED) is 0.248. The first-order chi connectivity index (χ1) is 18.8. The normalized spacial score (nSPS) is 17.4. The molecular weight excluding hydrogens is 498 g/mol. The topological polar surface area (TPSA) is 69.6 Å². The number of β-lactam (4-membered cyclic amide) rings is 1. The number of hydrogen-bond donors (Lipinski definition) is 2. The maximum atomic E-state index is 13.6. The predicted molar refractivity (Wildman–Crippen MR) is 147 cm³/mol. The van der Waals surface area contributed by atoms with E-state index in [0.717, 1.165) is 16.7 Å². The Morgan fingerprint density at radius 3 is 2.18 bits per heavy atom. The summed E-state index contributed by atoms with van der Waals surface area (Å²) in [5, 5.41) is 13.5. The summed E-state index contributed by atoms with van der Waals surface area (Å²) in [5.74, 6) is -1.37. The van der Waals surface area contributed by atoms with Gasteiger partial charge in [0.1, 0.15) is 11.6 Å². The summed E-state index contributed by atoms with van der Waals surface area (Å²) in [6.07, 6.45) is -0.0541. The van der Waals surface area contributed by atoms with E-state index in [1.807, 2.05) is 48.5 Å². The Balaban J connectivity index is 1.39. The highest BCUT2D eigenvalue weighted by molar-refractivity contribution is 6.03. The number of nitrogens with zero attached hydrogens (tertiary/aromatic N) is 1. The number of benzene rings is 4. The second-order valence-electron chi connectivity index (χ2n) is 9.76. The van der Waals surface area contributed by atoms with Crippen LogP contribution in [0.3, 0.4) is 0 Å². The molecule has 3 atom stereocenters. The first-order valence-electron chi connectivity index (χ1n) is 12.8. The van der Waals surface area contributed by atoms with E-state index < -0.39 is 6.10 Å². The van der Waals surface area contributed by atoms with Crippen LogP contribution in [0.25, 0.3) is 11.1 Å². The molecule has 5 rings (SSSR count). The van der Waals surface area contributed by atoms with Crippen LogP contribution in [0.5, 0.6) is 0 Å². The molecule has 1 aliphatic heterocycles. The summed E-state index contributed by atoms with van der Waals surface area (Å²) in [6.45, 7) is 1.46. The van der Waals surface area contributed by atoms with Gasteiger partial charge >= 0.3 is 0 Å². The zero-order chi connectivity index (χ0) is 27.5. The summed E-state index contributed by atoms with van der Waals surface area (Å²) in [6, 6.07) is 26.7. The van der Waals surface area contributed by atoms with E-state index in [1.54, 1.807) is 29.2 Å². The fraction of sp³-hybridized carbons (Fsp3) is 0.188. The van der Waals surface area contributed by atoms with Crippen molar-refractivity contribution in [3.05, 3.63) is 120 Å². The smallest absolute Gasteiger partial charge is 0.233 e. The molecule has 4 aromatic carbocycles. The van der Waals surface area contributed by atoms with Gasteiger partial charge < -0.3 is 15.3 Å². The van der Waals surface area contributed by atoms with Gasteiger partial charge in [0.15, 0.2) is 0 Å². The van der Waals surface area contributed by atoms with Crippen LogP contribution in [0.4, 0.5) is 20.2 Å². The van der Waals surface area contributed by atoms with Crippen LogP contribution >= 0.6 is 0 Å². The SMILES string of the molecule is CC(=O)Nc1cccc(-c2ccc(C3C(CC[C@H](O)c4ccc(F)cc4)C(=O)N3c3ccc(F)cc3)cc2)c1. The highest BCUT2D eigenvalue weighted by atomic mass is 19.1. The van der Waals surface area contributed by atoms with Gasteiger partial charge in [-0.1, -0.05) is 48.5 Å². The molecule has 1 aliphatic rings. The Hall–Kier alpha value is -4.36. The molecule has 2 unspecified atom stereocenters. The maximum Gasteiger partial charge on any atom is 0.233 e. The van der Waals surface area contributed by atoms with Gasteiger partial charge in [-0.15, -0.1) is 0 Å². The molecule has 2 N–H and O–H groups in total. The molecule has 0 radical (unpaired) electrons. The van der Waals surface area contributed by atoms with E-state index in [4.69, 9.17) is 0 Å². The lowest BCUT2D eigenvalue weighted by atomic mass is 9.78. The fourth-order valence-corrected chi connectivity index (χ4v) is 5.14. The number of carbonyl (C=O) groups excluding carboxylic acids is 2. The van der Waals surface area contributed by atoms with Crippen LogP contribution in [0, 0.1) is 17.6 Å². The molecule has 0 aliphatic carbocycles. The van der Waals surface area contributed by atoms with Crippen LogP contribution in [-0.4, -0.2) is 16.9 Å². The molecule has 0 saturated carbocycles. The lowest BCUT2D eigenvalue weighted by Gasteiger charge is -2.48. The number of amides is 2. The monoisotopic (exact) mass is 526 g/mol. The molecule has 0 bridgehead atoms. The molecule has 4 aromatic rings. The molecule has 7 heteroatoms. The van der Waals surface area contributed by atoms with Gasteiger partial charge in [0.25, 0.3) is 0 Å². The molecule has 5 nitrogen and oxygen atoms in total. The molecule has 1 heterocycles. The number of nitrogens with one attached hydrogen (secondary N) is 1. The largest absolute Gasteiger partial charge is 0.388 e. The van der Waals surface area contributed by atoms with E-state index in [1.165, 1.54) is 31.2 Å². The predicted octanol–water partition coefficient (Wildman–Crippen LogP) is 6.81. The van der Waals surface area contributed by atoms with Crippen molar-refractivity contribution < 1.29 is 23.5 Å². The number of aliphatic hydroxyl groups is 1. The van der Waals surface area contributed by atoms with Crippen molar-refractivity contribution in [3.63, 3.8) is 0 Å². The average molecular weight is 527 g/mol. The summed E-state index contributed by atoms with van der Waals surface area (Å²) < 4.78 is 26.9. The number of halogens is 2. The van der Waals surface area contributed by atoms with Gasteiger partial charge in [0.05, 0.1) is 18.1 Å².